The van der Waals surface area contributed by atoms with Gasteiger partial charge in [0, 0.05) is 6.42 Å². The van der Waals surface area contributed by atoms with Crippen LogP contribution in [-0.2, 0) is 4.79 Å². The van der Waals surface area contributed by atoms with Gasteiger partial charge in [0.05, 0.1) is 6.04 Å². The van der Waals surface area contributed by atoms with Crippen molar-refractivity contribution >= 4 is 5.78 Å². The van der Waals surface area contributed by atoms with Crippen molar-refractivity contribution in [3.63, 3.8) is 0 Å². The maximum absolute atomic E-state index is 11.3. The average Bonchev–Trinajstić information content (AvgIpc) is 2.40. The second-order valence-electron chi connectivity index (χ2n) is 3.10. The minimum atomic E-state index is 0.255. The quantitative estimate of drug-likeness (QED) is 0.615. The van der Waals surface area contributed by atoms with Crippen LogP contribution in [0.25, 0.3) is 0 Å². The van der Waals surface area contributed by atoms with Crippen LogP contribution in [0, 0.1) is 0 Å². The minimum absolute atomic E-state index is 0.255. The molecule has 0 aromatic carbocycles. The Labute approximate surface area is 68.6 Å². The predicted molar refractivity (Wildman–Crippen MR) is 45.6 cm³/mol. The van der Waals surface area contributed by atoms with Crippen LogP contribution in [0.2, 0.25) is 0 Å². The minimum Gasteiger partial charge on any atom is -0.298 e. The summed E-state index contributed by atoms with van der Waals surface area (Å²) < 4.78 is 0. The zero-order valence-corrected chi connectivity index (χ0v) is 7.47. The van der Waals surface area contributed by atoms with E-state index in [-0.39, 0.29) is 6.04 Å². The molecule has 1 aliphatic carbocycles. The summed E-state index contributed by atoms with van der Waals surface area (Å²) >= 11 is 0. The maximum atomic E-state index is 11.3. The van der Waals surface area contributed by atoms with Crippen LogP contribution in [0.5, 0.6) is 0 Å². The molecular weight excluding hydrogens is 138 g/mol. The molecule has 0 aliphatic heterocycles. The summed E-state index contributed by atoms with van der Waals surface area (Å²) in [6.07, 6.45) is 2.99. The average molecular weight is 155 g/mol. The van der Waals surface area contributed by atoms with E-state index in [0.29, 0.717) is 5.78 Å². The van der Waals surface area contributed by atoms with Gasteiger partial charge in [-0.2, -0.15) is 0 Å². The summed E-state index contributed by atoms with van der Waals surface area (Å²) in [5.74, 6) is 0.453. The molecule has 0 spiro atoms. The van der Waals surface area contributed by atoms with E-state index in [1.54, 1.807) is 0 Å². The molecule has 0 N–H and O–H groups in total. The van der Waals surface area contributed by atoms with E-state index in [1.807, 2.05) is 0 Å². The zero-order valence-electron chi connectivity index (χ0n) is 7.47. The molecule has 0 heterocycles. The van der Waals surface area contributed by atoms with E-state index in [4.69, 9.17) is 0 Å². The SMILES string of the molecule is CCN(CC)C1CCCC1=O. The normalized spacial score (nSPS) is 25.0. The van der Waals surface area contributed by atoms with Gasteiger partial charge < -0.3 is 0 Å². The lowest BCUT2D eigenvalue weighted by Crippen LogP contribution is -2.37. The molecular formula is C9H17NO. The fourth-order valence-corrected chi connectivity index (χ4v) is 1.85. The Hall–Kier alpha value is -0.370. The molecule has 0 saturated heterocycles. The van der Waals surface area contributed by atoms with Crippen molar-refractivity contribution in [3.8, 4) is 0 Å². The van der Waals surface area contributed by atoms with Crippen LogP contribution in [0.4, 0.5) is 0 Å². The highest BCUT2D eigenvalue weighted by atomic mass is 16.1. The topological polar surface area (TPSA) is 20.3 Å². The first-order valence-electron chi connectivity index (χ1n) is 4.56. The Bertz CT molecular complexity index is 140. The first-order valence-corrected chi connectivity index (χ1v) is 4.56. The van der Waals surface area contributed by atoms with Gasteiger partial charge in [-0.05, 0) is 25.9 Å². The van der Waals surface area contributed by atoms with Crippen molar-refractivity contribution in [2.45, 2.75) is 39.2 Å². The smallest absolute Gasteiger partial charge is 0.149 e. The Balaban J connectivity index is 2.49. The summed E-state index contributed by atoms with van der Waals surface area (Å²) in [4.78, 5) is 13.6. The molecule has 1 rings (SSSR count). The second-order valence-corrected chi connectivity index (χ2v) is 3.10. The summed E-state index contributed by atoms with van der Waals surface area (Å²) in [5.41, 5.74) is 0. The molecule has 1 fully saturated rings. The maximum Gasteiger partial charge on any atom is 0.149 e. The lowest BCUT2D eigenvalue weighted by atomic mass is 10.2. The fourth-order valence-electron chi connectivity index (χ4n) is 1.85. The van der Waals surface area contributed by atoms with Crippen molar-refractivity contribution in [3.05, 3.63) is 0 Å². The molecule has 0 aromatic rings. The second kappa shape index (κ2) is 3.86. The van der Waals surface area contributed by atoms with Gasteiger partial charge in [-0.1, -0.05) is 13.8 Å². The molecule has 0 bridgehead atoms. The van der Waals surface area contributed by atoms with E-state index in [2.05, 4.69) is 18.7 Å². The van der Waals surface area contributed by atoms with Crippen LogP contribution < -0.4 is 0 Å². The molecule has 0 radical (unpaired) electrons. The van der Waals surface area contributed by atoms with Gasteiger partial charge in [-0.25, -0.2) is 0 Å². The highest BCUT2D eigenvalue weighted by Crippen LogP contribution is 2.19. The van der Waals surface area contributed by atoms with Crippen molar-refractivity contribution < 1.29 is 4.79 Å². The van der Waals surface area contributed by atoms with Crippen molar-refractivity contribution in [2.75, 3.05) is 13.1 Å². The van der Waals surface area contributed by atoms with Crippen molar-refractivity contribution in [2.24, 2.45) is 0 Å². The van der Waals surface area contributed by atoms with E-state index in [9.17, 15) is 4.79 Å². The predicted octanol–water partition coefficient (Wildman–Crippen LogP) is 1.45. The summed E-state index contributed by atoms with van der Waals surface area (Å²) in [5, 5.41) is 0. The number of carbonyl (C=O) groups is 1. The van der Waals surface area contributed by atoms with E-state index in [0.717, 1.165) is 32.4 Å². The van der Waals surface area contributed by atoms with Crippen LogP contribution in [-0.4, -0.2) is 29.8 Å². The molecule has 1 aliphatic rings. The van der Waals surface area contributed by atoms with Gasteiger partial charge in [0.15, 0.2) is 0 Å². The number of ketones is 1. The zero-order chi connectivity index (χ0) is 8.27. The molecule has 1 unspecified atom stereocenters. The van der Waals surface area contributed by atoms with Gasteiger partial charge in [0.25, 0.3) is 0 Å². The van der Waals surface area contributed by atoms with Crippen molar-refractivity contribution in [1.82, 2.24) is 4.90 Å². The van der Waals surface area contributed by atoms with Crippen LogP contribution >= 0.6 is 0 Å². The number of hydrogen-bond donors (Lipinski definition) is 0. The van der Waals surface area contributed by atoms with Gasteiger partial charge in [-0.3, -0.25) is 9.69 Å². The Morgan fingerprint density at radius 3 is 2.45 bits per heavy atom. The molecule has 0 amide bonds. The third-order valence-corrected chi connectivity index (χ3v) is 2.53. The number of nitrogens with zero attached hydrogens (tertiary/aromatic N) is 1. The molecule has 2 nitrogen and oxygen atoms in total. The third-order valence-electron chi connectivity index (χ3n) is 2.53. The first-order chi connectivity index (χ1) is 5.29. The largest absolute Gasteiger partial charge is 0.298 e. The molecule has 0 aromatic heterocycles. The Morgan fingerprint density at radius 1 is 1.45 bits per heavy atom. The van der Waals surface area contributed by atoms with E-state index >= 15 is 0 Å². The van der Waals surface area contributed by atoms with E-state index in [1.165, 1.54) is 0 Å². The van der Waals surface area contributed by atoms with Gasteiger partial charge >= 0.3 is 0 Å². The number of carbonyl (C=O) groups excluding carboxylic acids is 1. The standard InChI is InChI=1S/C9H17NO/c1-3-10(4-2)8-6-5-7-9(8)11/h8H,3-7H2,1-2H3. The molecule has 2 heteroatoms. The van der Waals surface area contributed by atoms with Gasteiger partial charge in [0.1, 0.15) is 5.78 Å². The summed E-state index contributed by atoms with van der Waals surface area (Å²) in [6.45, 7) is 6.25. The number of rotatable bonds is 3. The number of likely N-dealkylation sites (N-methyl/N-ethyl adjacent to an activating group) is 1. The molecule has 11 heavy (non-hydrogen) atoms. The van der Waals surface area contributed by atoms with Gasteiger partial charge in [-0.15, -0.1) is 0 Å². The fraction of sp³-hybridized carbons (Fsp3) is 0.889. The van der Waals surface area contributed by atoms with E-state index < -0.39 is 0 Å². The summed E-state index contributed by atoms with van der Waals surface area (Å²) in [7, 11) is 0. The van der Waals surface area contributed by atoms with Gasteiger partial charge in [0.2, 0.25) is 0 Å². The highest BCUT2D eigenvalue weighted by molar-refractivity contribution is 5.85. The number of Topliss-reactive ketones (excluding diaryl/α,β-unsaturated/α-hetero) is 1. The first kappa shape index (κ1) is 8.72. The van der Waals surface area contributed by atoms with Crippen LogP contribution in [0.1, 0.15) is 33.1 Å². The molecule has 1 atom stereocenters. The Morgan fingerprint density at radius 2 is 2.09 bits per heavy atom. The summed E-state index contributed by atoms with van der Waals surface area (Å²) in [6, 6.07) is 0.255. The third kappa shape index (κ3) is 1.80. The Kier molecular flexibility index (Phi) is 3.06. The number of hydrogen-bond acceptors (Lipinski definition) is 2. The highest BCUT2D eigenvalue weighted by Gasteiger charge is 2.27. The van der Waals surface area contributed by atoms with Crippen molar-refractivity contribution in [1.29, 1.82) is 0 Å². The molecule has 64 valence electrons. The van der Waals surface area contributed by atoms with Crippen LogP contribution in [0.15, 0.2) is 0 Å². The van der Waals surface area contributed by atoms with Crippen LogP contribution in [0.3, 0.4) is 0 Å². The molecule has 1 saturated carbocycles. The lowest BCUT2D eigenvalue weighted by molar-refractivity contribution is -0.121. The monoisotopic (exact) mass is 155 g/mol. The lowest BCUT2D eigenvalue weighted by Gasteiger charge is -2.24.